The van der Waals surface area contributed by atoms with Gasteiger partial charge in [-0.2, -0.15) is 0 Å². The van der Waals surface area contributed by atoms with Crippen molar-refractivity contribution in [2.45, 2.75) is 25.7 Å². The van der Waals surface area contributed by atoms with Gasteiger partial charge < -0.3 is 20.5 Å². The number of H-pyrrole nitrogens is 1. The molecule has 1 fully saturated rings. The van der Waals surface area contributed by atoms with E-state index in [1.54, 1.807) is 6.33 Å². The van der Waals surface area contributed by atoms with E-state index in [-0.39, 0.29) is 11.8 Å². The normalized spacial score (nSPS) is 15.9. The minimum Gasteiger partial charge on any atom is -0.354 e. The van der Waals surface area contributed by atoms with Crippen LogP contribution in [0.25, 0.3) is 22.5 Å². The molecular formula is C31H29N5O2. The highest BCUT2D eigenvalue weighted by Gasteiger charge is 2.28. The highest BCUT2D eigenvalue weighted by atomic mass is 16.2. The predicted octanol–water partition coefficient (Wildman–Crippen LogP) is 5.56. The van der Waals surface area contributed by atoms with Gasteiger partial charge in [-0.15, -0.1) is 0 Å². The van der Waals surface area contributed by atoms with Crippen LogP contribution in [0.3, 0.4) is 0 Å². The number of carbonyl (C=O) groups excluding carboxylic acids is 2. The Balaban J connectivity index is 1.28. The minimum atomic E-state index is -0.124. The van der Waals surface area contributed by atoms with Gasteiger partial charge in [-0.3, -0.25) is 9.59 Å². The number of nitrogens with one attached hydrogen (secondary N) is 3. The van der Waals surface area contributed by atoms with Crippen molar-refractivity contribution in [3.63, 3.8) is 0 Å². The van der Waals surface area contributed by atoms with Crippen LogP contribution >= 0.6 is 0 Å². The van der Waals surface area contributed by atoms with Crippen LogP contribution < -0.4 is 10.6 Å². The fourth-order valence-corrected chi connectivity index (χ4v) is 5.18. The standard InChI is InChI=1S/C31H29N5O2/c37-28-8-4-18-36(28)17-3-5-21-9-11-23(12-10-21)30(29-25-6-1-2-7-26(25)35-31(29)38)34-24-15-13-22(14-16-24)27-19-32-20-33-27/h1-2,6-7,9-16,19-20,34H,3-5,8,17-18H2,(H,32,33)(H,35,38)/b30-29-. The Hall–Kier alpha value is -4.65. The van der Waals surface area contributed by atoms with Crippen LogP contribution in [0.1, 0.15) is 36.0 Å². The largest absolute Gasteiger partial charge is 0.354 e. The number of rotatable bonds is 8. The number of imidazole rings is 1. The molecular weight excluding hydrogens is 474 g/mol. The third kappa shape index (κ3) is 4.83. The molecule has 6 rings (SSSR count). The first-order valence-corrected chi connectivity index (χ1v) is 13.0. The van der Waals surface area contributed by atoms with Gasteiger partial charge in [-0.1, -0.05) is 54.6 Å². The van der Waals surface area contributed by atoms with Crippen molar-refractivity contribution in [1.29, 1.82) is 0 Å². The van der Waals surface area contributed by atoms with E-state index in [0.29, 0.717) is 12.0 Å². The number of carbonyl (C=O) groups is 2. The number of amides is 2. The van der Waals surface area contributed by atoms with Crippen molar-refractivity contribution in [3.8, 4) is 11.3 Å². The van der Waals surface area contributed by atoms with Crippen LogP contribution in [0, 0.1) is 0 Å². The summed E-state index contributed by atoms with van der Waals surface area (Å²) in [6, 6.07) is 24.1. The van der Waals surface area contributed by atoms with E-state index in [4.69, 9.17) is 0 Å². The Labute approximate surface area is 221 Å². The number of aromatic amines is 1. The second kappa shape index (κ2) is 10.4. The van der Waals surface area contributed by atoms with Crippen LogP contribution in [0.5, 0.6) is 0 Å². The molecule has 2 aliphatic rings. The van der Waals surface area contributed by atoms with E-state index < -0.39 is 0 Å². The maximum Gasteiger partial charge on any atom is 0.258 e. The van der Waals surface area contributed by atoms with Crippen molar-refractivity contribution < 1.29 is 9.59 Å². The molecule has 2 aliphatic heterocycles. The maximum atomic E-state index is 13.2. The van der Waals surface area contributed by atoms with Crippen molar-refractivity contribution in [3.05, 3.63) is 102 Å². The zero-order valence-corrected chi connectivity index (χ0v) is 21.0. The van der Waals surface area contributed by atoms with Gasteiger partial charge in [0.1, 0.15) is 0 Å². The van der Waals surface area contributed by atoms with Crippen molar-refractivity contribution >= 4 is 34.5 Å². The molecule has 0 saturated carbocycles. The summed E-state index contributed by atoms with van der Waals surface area (Å²) in [5, 5.41) is 6.53. The van der Waals surface area contributed by atoms with Crippen LogP contribution in [-0.2, 0) is 16.0 Å². The summed E-state index contributed by atoms with van der Waals surface area (Å²) in [7, 11) is 0. The van der Waals surface area contributed by atoms with E-state index in [2.05, 4.69) is 44.9 Å². The van der Waals surface area contributed by atoms with Crippen molar-refractivity contribution in [2.75, 3.05) is 23.7 Å². The van der Waals surface area contributed by atoms with Gasteiger partial charge in [0.25, 0.3) is 5.91 Å². The molecule has 1 saturated heterocycles. The van der Waals surface area contributed by atoms with Gasteiger partial charge in [0.05, 0.1) is 23.3 Å². The zero-order chi connectivity index (χ0) is 25.9. The number of para-hydroxylation sites is 1. The molecule has 3 heterocycles. The predicted molar refractivity (Wildman–Crippen MR) is 150 cm³/mol. The summed E-state index contributed by atoms with van der Waals surface area (Å²) >= 11 is 0. The summed E-state index contributed by atoms with van der Waals surface area (Å²) in [4.78, 5) is 34.3. The highest BCUT2D eigenvalue weighted by molar-refractivity contribution is 6.37. The van der Waals surface area contributed by atoms with E-state index in [1.807, 2.05) is 59.6 Å². The lowest BCUT2D eigenvalue weighted by Crippen LogP contribution is -2.25. The summed E-state index contributed by atoms with van der Waals surface area (Å²) in [5.41, 5.74) is 7.99. The van der Waals surface area contributed by atoms with Gasteiger partial charge in [-0.25, -0.2) is 4.98 Å². The summed E-state index contributed by atoms with van der Waals surface area (Å²) in [5.74, 6) is 0.149. The molecule has 38 heavy (non-hydrogen) atoms. The molecule has 7 nitrogen and oxygen atoms in total. The van der Waals surface area contributed by atoms with Gasteiger partial charge >= 0.3 is 0 Å². The second-order valence-electron chi connectivity index (χ2n) is 9.69. The molecule has 3 aromatic carbocycles. The van der Waals surface area contributed by atoms with Crippen molar-refractivity contribution in [1.82, 2.24) is 14.9 Å². The Bertz CT molecular complexity index is 1490. The molecule has 2 amide bonds. The number of nitrogens with zero attached hydrogens (tertiary/aromatic N) is 2. The maximum absolute atomic E-state index is 13.2. The van der Waals surface area contributed by atoms with Gasteiger partial charge in [0, 0.05) is 48.2 Å². The third-order valence-corrected chi connectivity index (χ3v) is 7.18. The number of aromatic nitrogens is 2. The monoisotopic (exact) mass is 503 g/mol. The molecule has 0 atom stereocenters. The number of anilines is 2. The number of hydrogen-bond donors (Lipinski definition) is 3. The Morgan fingerprint density at radius 2 is 1.79 bits per heavy atom. The lowest BCUT2D eigenvalue weighted by molar-refractivity contribution is -0.127. The Kier molecular flexibility index (Phi) is 6.48. The summed E-state index contributed by atoms with van der Waals surface area (Å²) in [6.07, 6.45) is 7.02. The lowest BCUT2D eigenvalue weighted by atomic mass is 9.98. The third-order valence-electron chi connectivity index (χ3n) is 7.18. The molecule has 0 bridgehead atoms. The molecule has 4 aromatic rings. The molecule has 0 spiro atoms. The molecule has 0 radical (unpaired) electrons. The first-order chi connectivity index (χ1) is 18.7. The molecule has 0 aliphatic carbocycles. The van der Waals surface area contributed by atoms with E-state index in [0.717, 1.165) is 71.8 Å². The fourth-order valence-electron chi connectivity index (χ4n) is 5.18. The fraction of sp³-hybridized carbons (Fsp3) is 0.194. The average Bonchev–Trinajstić information content (AvgIpc) is 3.69. The number of benzene rings is 3. The molecule has 1 aromatic heterocycles. The minimum absolute atomic E-state index is 0.124. The molecule has 0 unspecified atom stereocenters. The van der Waals surface area contributed by atoms with Gasteiger partial charge in [0.15, 0.2) is 0 Å². The second-order valence-corrected chi connectivity index (χ2v) is 9.69. The van der Waals surface area contributed by atoms with Crippen LogP contribution in [0.15, 0.2) is 85.3 Å². The topological polar surface area (TPSA) is 90.1 Å². The molecule has 3 N–H and O–H groups in total. The van der Waals surface area contributed by atoms with E-state index in [1.165, 1.54) is 5.56 Å². The molecule has 7 heteroatoms. The summed E-state index contributed by atoms with van der Waals surface area (Å²) in [6.45, 7) is 1.69. The van der Waals surface area contributed by atoms with Crippen molar-refractivity contribution in [2.24, 2.45) is 0 Å². The van der Waals surface area contributed by atoms with Crippen LogP contribution in [0.4, 0.5) is 11.4 Å². The first-order valence-electron chi connectivity index (χ1n) is 13.0. The Morgan fingerprint density at radius 1 is 0.974 bits per heavy atom. The van der Waals surface area contributed by atoms with Gasteiger partial charge in [0.2, 0.25) is 5.91 Å². The number of likely N-dealkylation sites (tertiary alicyclic amines) is 1. The van der Waals surface area contributed by atoms with Crippen LogP contribution in [-0.4, -0.2) is 39.8 Å². The summed E-state index contributed by atoms with van der Waals surface area (Å²) < 4.78 is 0. The van der Waals surface area contributed by atoms with E-state index >= 15 is 0 Å². The highest BCUT2D eigenvalue weighted by Crippen LogP contribution is 2.37. The SMILES string of the molecule is O=C1Nc2ccccc2/C1=C(/Nc1ccc(-c2c[nH]cn2)cc1)c1ccc(CCCN2CCCC2=O)cc1. The number of fused-ring (bicyclic) bond motifs is 1. The lowest BCUT2D eigenvalue weighted by Gasteiger charge is -2.16. The first kappa shape index (κ1) is 23.7. The van der Waals surface area contributed by atoms with Crippen LogP contribution in [0.2, 0.25) is 0 Å². The van der Waals surface area contributed by atoms with E-state index in [9.17, 15) is 9.59 Å². The van der Waals surface area contributed by atoms with Gasteiger partial charge in [-0.05, 0) is 48.6 Å². The molecule has 190 valence electrons. The quantitative estimate of drug-likeness (QED) is 0.275. The number of aryl methyl sites for hydroxylation is 1. The smallest absolute Gasteiger partial charge is 0.258 e. The average molecular weight is 504 g/mol. The number of hydrogen-bond acceptors (Lipinski definition) is 4. The Morgan fingerprint density at radius 3 is 2.53 bits per heavy atom. The zero-order valence-electron chi connectivity index (χ0n) is 21.0.